The zero-order chi connectivity index (χ0) is 23.8. The lowest BCUT2D eigenvalue weighted by molar-refractivity contribution is -0.147. The minimum atomic E-state index is -0.701. The first kappa shape index (κ1) is 26.4. The van der Waals surface area contributed by atoms with Crippen LogP contribution in [-0.4, -0.2) is 22.2 Å². The molecule has 1 aliphatic rings. The molecular weight excluding hydrogens is 400 g/mol. The van der Waals surface area contributed by atoms with E-state index in [9.17, 15) is 19.8 Å². The molecule has 1 fully saturated rings. The maximum atomic E-state index is 11.3. The number of aryl methyl sites for hydroxylation is 2. The average molecular weight is 445 g/mol. The van der Waals surface area contributed by atoms with Gasteiger partial charge in [-0.05, 0) is 101 Å². The topological polar surface area (TPSA) is 74.6 Å². The first-order valence-electron chi connectivity index (χ1n) is 12.6. The van der Waals surface area contributed by atoms with E-state index >= 15 is 0 Å². The lowest BCUT2D eigenvalue weighted by atomic mass is 9.87. The van der Waals surface area contributed by atoms with E-state index in [0.717, 1.165) is 77.0 Å². The van der Waals surface area contributed by atoms with Gasteiger partial charge < -0.3 is 10.2 Å². The van der Waals surface area contributed by atoms with Gasteiger partial charge in [0.15, 0.2) is 0 Å². The Balaban J connectivity index is 1.69. The van der Waals surface area contributed by atoms with E-state index in [0.29, 0.717) is 0 Å². The van der Waals surface area contributed by atoms with Crippen LogP contribution in [0.3, 0.4) is 0 Å². The SMILES string of the molecule is Cc1ccc(CCCCCCC(C)(C)C(=O)O)c(C)c1CCCCCCC1(C(=O)O)CC1. The van der Waals surface area contributed by atoms with Gasteiger partial charge in [0, 0.05) is 0 Å². The zero-order valence-corrected chi connectivity index (χ0v) is 20.8. The Morgan fingerprint density at radius 3 is 2.06 bits per heavy atom. The molecule has 0 spiro atoms. The number of rotatable bonds is 16. The van der Waals surface area contributed by atoms with E-state index < -0.39 is 17.4 Å². The first-order chi connectivity index (χ1) is 15.1. The monoisotopic (exact) mass is 444 g/mol. The van der Waals surface area contributed by atoms with Gasteiger partial charge in [0.2, 0.25) is 0 Å². The molecule has 0 bridgehead atoms. The minimum Gasteiger partial charge on any atom is -0.481 e. The number of benzene rings is 1. The van der Waals surface area contributed by atoms with Crippen LogP contribution in [0.5, 0.6) is 0 Å². The number of carboxylic acid groups (broad SMARTS) is 2. The molecule has 4 heteroatoms. The lowest BCUT2D eigenvalue weighted by Crippen LogP contribution is -2.23. The molecule has 0 atom stereocenters. The number of carbonyl (C=O) groups is 2. The fraction of sp³-hybridized carbons (Fsp3) is 0.714. The Hall–Kier alpha value is -1.84. The highest BCUT2D eigenvalue weighted by atomic mass is 16.4. The van der Waals surface area contributed by atoms with E-state index in [1.165, 1.54) is 35.1 Å². The summed E-state index contributed by atoms with van der Waals surface area (Å²) in [6.45, 7) is 8.09. The standard InChI is InChI=1S/C28H44O4/c1-21-15-16-23(13-9-5-7-11-17-27(3,4)25(29)30)22(2)24(21)14-10-6-8-12-18-28(19-20-28)26(31)32/h15-16H,5-14,17-20H2,1-4H3,(H,29,30)(H,31,32). The molecule has 0 aliphatic heterocycles. The molecule has 1 aromatic carbocycles. The molecule has 0 amide bonds. The Bertz CT molecular complexity index is 774. The van der Waals surface area contributed by atoms with Crippen molar-refractivity contribution in [2.24, 2.45) is 10.8 Å². The second-order valence-corrected chi connectivity index (χ2v) is 10.7. The second-order valence-electron chi connectivity index (χ2n) is 10.7. The van der Waals surface area contributed by atoms with Gasteiger partial charge in [0.25, 0.3) is 0 Å². The molecule has 0 saturated heterocycles. The third-order valence-corrected chi connectivity index (χ3v) is 7.66. The van der Waals surface area contributed by atoms with Crippen LogP contribution in [0.4, 0.5) is 0 Å². The van der Waals surface area contributed by atoms with Crippen molar-refractivity contribution in [1.82, 2.24) is 0 Å². The molecule has 0 heterocycles. The van der Waals surface area contributed by atoms with Crippen LogP contribution in [0.25, 0.3) is 0 Å². The van der Waals surface area contributed by atoms with E-state index in [1.807, 2.05) is 13.8 Å². The van der Waals surface area contributed by atoms with Crippen molar-refractivity contribution in [3.05, 3.63) is 34.4 Å². The third kappa shape index (κ3) is 7.64. The summed E-state index contributed by atoms with van der Waals surface area (Å²) in [5.41, 5.74) is 4.79. The summed E-state index contributed by atoms with van der Waals surface area (Å²) in [5.74, 6) is -1.29. The maximum absolute atomic E-state index is 11.3. The summed E-state index contributed by atoms with van der Waals surface area (Å²) in [6, 6.07) is 4.54. The quantitative estimate of drug-likeness (QED) is 0.263. The van der Waals surface area contributed by atoms with Crippen molar-refractivity contribution >= 4 is 11.9 Å². The predicted octanol–water partition coefficient (Wildman–Crippen LogP) is 7.27. The molecule has 0 aromatic heterocycles. The van der Waals surface area contributed by atoms with Crippen molar-refractivity contribution in [3.8, 4) is 0 Å². The van der Waals surface area contributed by atoms with Crippen LogP contribution in [-0.2, 0) is 22.4 Å². The maximum Gasteiger partial charge on any atom is 0.309 e. The predicted molar refractivity (Wildman–Crippen MR) is 130 cm³/mol. The van der Waals surface area contributed by atoms with Gasteiger partial charge in [-0.15, -0.1) is 0 Å². The van der Waals surface area contributed by atoms with Gasteiger partial charge in [0.05, 0.1) is 10.8 Å². The van der Waals surface area contributed by atoms with Gasteiger partial charge in [-0.2, -0.15) is 0 Å². The van der Waals surface area contributed by atoms with Crippen molar-refractivity contribution in [1.29, 1.82) is 0 Å². The largest absolute Gasteiger partial charge is 0.481 e. The van der Waals surface area contributed by atoms with E-state index in [4.69, 9.17) is 0 Å². The Kier molecular flexibility index (Phi) is 9.79. The van der Waals surface area contributed by atoms with Crippen LogP contribution in [0, 0.1) is 24.7 Å². The third-order valence-electron chi connectivity index (χ3n) is 7.66. The summed E-state index contributed by atoms with van der Waals surface area (Å²) in [7, 11) is 0. The summed E-state index contributed by atoms with van der Waals surface area (Å²) in [6.07, 6.45) is 14.4. The number of unbranched alkanes of at least 4 members (excludes halogenated alkanes) is 6. The summed E-state index contributed by atoms with van der Waals surface area (Å²) in [4.78, 5) is 22.5. The normalized spacial score (nSPS) is 15.0. The molecule has 1 saturated carbocycles. The van der Waals surface area contributed by atoms with Gasteiger partial charge >= 0.3 is 11.9 Å². The van der Waals surface area contributed by atoms with Crippen LogP contribution in [0.15, 0.2) is 12.1 Å². The lowest BCUT2D eigenvalue weighted by Gasteiger charge is -2.18. The number of hydrogen-bond acceptors (Lipinski definition) is 2. The number of hydrogen-bond donors (Lipinski definition) is 2. The number of aliphatic carboxylic acids is 2. The molecule has 180 valence electrons. The van der Waals surface area contributed by atoms with E-state index in [-0.39, 0.29) is 5.41 Å². The fourth-order valence-corrected chi connectivity index (χ4v) is 4.78. The van der Waals surface area contributed by atoms with Gasteiger partial charge in [-0.1, -0.05) is 50.7 Å². The number of carboxylic acids is 2. The van der Waals surface area contributed by atoms with Crippen molar-refractivity contribution in [3.63, 3.8) is 0 Å². The average Bonchev–Trinajstić information content (AvgIpc) is 3.52. The molecule has 32 heavy (non-hydrogen) atoms. The highest BCUT2D eigenvalue weighted by molar-refractivity contribution is 5.77. The highest BCUT2D eigenvalue weighted by Gasteiger charge is 2.49. The second kappa shape index (κ2) is 11.9. The van der Waals surface area contributed by atoms with Crippen molar-refractivity contribution in [2.75, 3.05) is 0 Å². The minimum absolute atomic E-state index is 0.367. The first-order valence-corrected chi connectivity index (χ1v) is 12.6. The molecule has 1 aromatic rings. The van der Waals surface area contributed by atoms with Gasteiger partial charge in [-0.3, -0.25) is 9.59 Å². The zero-order valence-electron chi connectivity index (χ0n) is 20.8. The van der Waals surface area contributed by atoms with Crippen molar-refractivity contribution in [2.45, 2.75) is 118 Å². The molecule has 0 unspecified atom stereocenters. The molecule has 4 nitrogen and oxygen atoms in total. The Labute approximate surface area is 194 Å². The molecular formula is C28H44O4. The Morgan fingerprint density at radius 1 is 0.875 bits per heavy atom. The Morgan fingerprint density at radius 2 is 1.47 bits per heavy atom. The highest BCUT2D eigenvalue weighted by Crippen LogP contribution is 2.50. The molecule has 2 N–H and O–H groups in total. The smallest absolute Gasteiger partial charge is 0.309 e. The van der Waals surface area contributed by atoms with Crippen LogP contribution >= 0.6 is 0 Å². The van der Waals surface area contributed by atoms with E-state index in [2.05, 4.69) is 26.0 Å². The van der Waals surface area contributed by atoms with Gasteiger partial charge in [0.1, 0.15) is 0 Å². The van der Waals surface area contributed by atoms with Crippen LogP contribution in [0.2, 0.25) is 0 Å². The van der Waals surface area contributed by atoms with Crippen LogP contribution in [0.1, 0.15) is 113 Å². The van der Waals surface area contributed by atoms with Gasteiger partial charge in [-0.25, -0.2) is 0 Å². The van der Waals surface area contributed by atoms with Crippen LogP contribution < -0.4 is 0 Å². The molecule has 0 radical (unpaired) electrons. The summed E-state index contributed by atoms with van der Waals surface area (Å²) < 4.78 is 0. The molecule has 2 rings (SSSR count). The summed E-state index contributed by atoms with van der Waals surface area (Å²) in [5, 5.41) is 18.5. The fourth-order valence-electron chi connectivity index (χ4n) is 4.78. The summed E-state index contributed by atoms with van der Waals surface area (Å²) >= 11 is 0. The van der Waals surface area contributed by atoms with Crippen molar-refractivity contribution < 1.29 is 19.8 Å². The molecule has 1 aliphatic carbocycles. The van der Waals surface area contributed by atoms with E-state index in [1.54, 1.807) is 0 Å².